The van der Waals surface area contributed by atoms with E-state index in [2.05, 4.69) is 27.2 Å². The van der Waals surface area contributed by atoms with Crippen LogP contribution in [-0.4, -0.2) is 22.0 Å². The molecule has 0 bridgehead atoms. The first-order valence-electron chi connectivity index (χ1n) is 5.38. The van der Waals surface area contributed by atoms with Crippen LogP contribution in [0, 0.1) is 6.92 Å². The van der Waals surface area contributed by atoms with Gasteiger partial charge in [-0.2, -0.15) is 0 Å². The number of nitrogens with zero attached hydrogens (tertiary/aromatic N) is 3. The summed E-state index contributed by atoms with van der Waals surface area (Å²) in [6.45, 7) is 2.93. The van der Waals surface area contributed by atoms with Gasteiger partial charge in [-0.25, -0.2) is 4.68 Å². The molecule has 0 atom stereocenters. The zero-order valence-electron chi connectivity index (χ0n) is 8.95. The highest BCUT2D eigenvalue weighted by molar-refractivity contribution is 5.08. The Hall–Kier alpha value is -0.900. The summed E-state index contributed by atoms with van der Waals surface area (Å²) in [5.74, 6) is 0. The maximum Gasteiger partial charge on any atom is 0.0993 e. The van der Waals surface area contributed by atoms with Crippen molar-refractivity contribution in [2.24, 2.45) is 0 Å². The third-order valence-electron chi connectivity index (χ3n) is 3.04. The Labute approximate surface area is 84.7 Å². The number of hydrogen-bond donors (Lipinski definition) is 1. The van der Waals surface area contributed by atoms with Gasteiger partial charge in [-0.15, -0.1) is 5.10 Å². The SMILES string of the molecule is CNCc1nnn(C2CCCC2)c1C. The van der Waals surface area contributed by atoms with E-state index in [0.29, 0.717) is 6.04 Å². The van der Waals surface area contributed by atoms with E-state index in [1.165, 1.54) is 31.4 Å². The Bertz CT molecular complexity index is 299. The van der Waals surface area contributed by atoms with E-state index in [-0.39, 0.29) is 0 Å². The van der Waals surface area contributed by atoms with E-state index in [9.17, 15) is 0 Å². The van der Waals surface area contributed by atoms with Crippen molar-refractivity contribution in [2.45, 2.75) is 45.2 Å². The van der Waals surface area contributed by atoms with Crippen LogP contribution in [0.4, 0.5) is 0 Å². The van der Waals surface area contributed by atoms with E-state index in [1.54, 1.807) is 0 Å². The van der Waals surface area contributed by atoms with Gasteiger partial charge < -0.3 is 5.32 Å². The van der Waals surface area contributed by atoms with Crippen LogP contribution in [0.2, 0.25) is 0 Å². The summed E-state index contributed by atoms with van der Waals surface area (Å²) in [5, 5.41) is 11.6. The fraction of sp³-hybridized carbons (Fsp3) is 0.800. The second kappa shape index (κ2) is 4.09. The standard InChI is InChI=1S/C10H18N4/c1-8-10(7-11-2)12-13-14(8)9-5-3-4-6-9/h9,11H,3-7H2,1-2H3. The van der Waals surface area contributed by atoms with Gasteiger partial charge in [0, 0.05) is 6.54 Å². The third kappa shape index (κ3) is 1.66. The van der Waals surface area contributed by atoms with Crippen molar-refractivity contribution in [3.63, 3.8) is 0 Å². The molecule has 78 valence electrons. The molecule has 1 saturated carbocycles. The minimum absolute atomic E-state index is 0.605. The van der Waals surface area contributed by atoms with Crippen molar-refractivity contribution >= 4 is 0 Å². The van der Waals surface area contributed by atoms with E-state index in [0.717, 1.165) is 12.2 Å². The lowest BCUT2D eigenvalue weighted by atomic mass is 10.2. The summed E-state index contributed by atoms with van der Waals surface area (Å²) in [7, 11) is 1.94. The van der Waals surface area contributed by atoms with E-state index >= 15 is 0 Å². The molecule has 1 aromatic rings. The molecule has 14 heavy (non-hydrogen) atoms. The van der Waals surface area contributed by atoms with Gasteiger partial charge in [0.15, 0.2) is 0 Å². The van der Waals surface area contributed by atoms with Crippen molar-refractivity contribution in [3.05, 3.63) is 11.4 Å². The molecule has 0 unspecified atom stereocenters. The van der Waals surface area contributed by atoms with Crippen molar-refractivity contribution in [3.8, 4) is 0 Å². The van der Waals surface area contributed by atoms with Gasteiger partial charge in [0.2, 0.25) is 0 Å². The van der Waals surface area contributed by atoms with E-state index < -0.39 is 0 Å². The van der Waals surface area contributed by atoms with E-state index in [4.69, 9.17) is 0 Å². The Kier molecular flexibility index (Phi) is 2.82. The predicted molar refractivity (Wildman–Crippen MR) is 55.0 cm³/mol. The van der Waals surface area contributed by atoms with Crippen LogP contribution in [0.5, 0.6) is 0 Å². The molecule has 0 saturated heterocycles. The molecule has 4 heteroatoms. The number of nitrogens with one attached hydrogen (secondary N) is 1. The molecule has 4 nitrogen and oxygen atoms in total. The van der Waals surface area contributed by atoms with Gasteiger partial charge in [0.25, 0.3) is 0 Å². The summed E-state index contributed by atoms with van der Waals surface area (Å²) in [6.07, 6.45) is 5.21. The van der Waals surface area contributed by atoms with Gasteiger partial charge in [0.1, 0.15) is 0 Å². The summed E-state index contributed by atoms with van der Waals surface area (Å²) >= 11 is 0. The predicted octanol–water partition coefficient (Wildman–Crippen LogP) is 1.42. The first-order valence-corrected chi connectivity index (χ1v) is 5.38. The Morgan fingerprint density at radius 3 is 2.79 bits per heavy atom. The molecule has 1 aliphatic carbocycles. The van der Waals surface area contributed by atoms with Gasteiger partial charge in [0.05, 0.1) is 17.4 Å². The first kappa shape index (κ1) is 9.65. The minimum Gasteiger partial charge on any atom is -0.314 e. The second-order valence-electron chi connectivity index (χ2n) is 4.03. The molecule has 1 heterocycles. The molecule has 2 rings (SSSR count). The highest BCUT2D eigenvalue weighted by Crippen LogP contribution is 2.29. The molecular weight excluding hydrogens is 176 g/mol. The zero-order chi connectivity index (χ0) is 9.97. The maximum absolute atomic E-state index is 4.24. The highest BCUT2D eigenvalue weighted by atomic mass is 15.4. The lowest BCUT2D eigenvalue weighted by Crippen LogP contribution is -2.10. The van der Waals surface area contributed by atoms with Gasteiger partial charge in [-0.1, -0.05) is 18.1 Å². The monoisotopic (exact) mass is 194 g/mol. The van der Waals surface area contributed by atoms with Crippen LogP contribution in [0.1, 0.15) is 43.1 Å². The largest absolute Gasteiger partial charge is 0.314 e. The average molecular weight is 194 g/mol. The second-order valence-corrected chi connectivity index (χ2v) is 4.03. The fourth-order valence-electron chi connectivity index (χ4n) is 2.20. The smallest absolute Gasteiger partial charge is 0.0993 e. The van der Waals surface area contributed by atoms with Crippen LogP contribution in [0.3, 0.4) is 0 Å². The normalized spacial score (nSPS) is 17.9. The summed E-state index contributed by atoms with van der Waals surface area (Å²) in [5.41, 5.74) is 2.31. The molecule has 0 spiro atoms. The first-order chi connectivity index (χ1) is 6.83. The molecule has 1 fully saturated rings. The van der Waals surface area contributed by atoms with Crippen LogP contribution < -0.4 is 5.32 Å². The topological polar surface area (TPSA) is 42.7 Å². The van der Waals surface area contributed by atoms with Crippen molar-refractivity contribution in [2.75, 3.05) is 7.05 Å². The van der Waals surface area contributed by atoms with Crippen molar-refractivity contribution in [1.82, 2.24) is 20.3 Å². The highest BCUT2D eigenvalue weighted by Gasteiger charge is 2.20. The fourth-order valence-corrected chi connectivity index (χ4v) is 2.20. The molecule has 0 amide bonds. The number of hydrogen-bond acceptors (Lipinski definition) is 3. The Morgan fingerprint density at radius 2 is 2.14 bits per heavy atom. The average Bonchev–Trinajstić information content (AvgIpc) is 2.77. The lowest BCUT2D eigenvalue weighted by Gasteiger charge is -2.10. The van der Waals surface area contributed by atoms with Crippen LogP contribution >= 0.6 is 0 Å². The van der Waals surface area contributed by atoms with Gasteiger partial charge in [-0.05, 0) is 26.8 Å². The van der Waals surface area contributed by atoms with Gasteiger partial charge >= 0.3 is 0 Å². The summed E-state index contributed by atoms with van der Waals surface area (Å²) < 4.78 is 2.11. The van der Waals surface area contributed by atoms with E-state index in [1.807, 2.05) is 7.05 Å². The number of aromatic nitrogens is 3. The quantitative estimate of drug-likeness (QED) is 0.791. The molecular formula is C10H18N4. The maximum atomic E-state index is 4.24. The van der Waals surface area contributed by atoms with Crippen molar-refractivity contribution < 1.29 is 0 Å². The Morgan fingerprint density at radius 1 is 1.43 bits per heavy atom. The minimum atomic E-state index is 0.605. The Balaban J connectivity index is 2.17. The van der Waals surface area contributed by atoms with Crippen LogP contribution in [-0.2, 0) is 6.54 Å². The lowest BCUT2D eigenvalue weighted by molar-refractivity contribution is 0.444. The molecule has 0 aromatic carbocycles. The summed E-state index contributed by atoms with van der Waals surface area (Å²) in [6, 6.07) is 0.605. The third-order valence-corrected chi connectivity index (χ3v) is 3.04. The molecule has 0 radical (unpaired) electrons. The molecule has 1 aromatic heterocycles. The van der Waals surface area contributed by atoms with Crippen molar-refractivity contribution in [1.29, 1.82) is 0 Å². The van der Waals surface area contributed by atoms with Crippen LogP contribution in [0.15, 0.2) is 0 Å². The molecule has 0 aliphatic heterocycles. The molecule has 1 N–H and O–H groups in total. The van der Waals surface area contributed by atoms with Gasteiger partial charge in [-0.3, -0.25) is 0 Å². The summed E-state index contributed by atoms with van der Waals surface area (Å²) in [4.78, 5) is 0. The molecule has 1 aliphatic rings. The number of rotatable bonds is 3. The van der Waals surface area contributed by atoms with Crippen LogP contribution in [0.25, 0.3) is 0 Å². The zero-order valence-corrected chi connectivity index (χ0v) is 8.95.